The van der Waals surface area contributed by atoms with Crippen LogP contribution < -0.4 is 16.4 Å². The van der Waals surface area contributed by atoms with Crippen LogP contribution in [0.15, 0.2) is 51.4 Å². The summed E-state index contributed by atoms with van der Waals surface area (Å²) in [7, 11) is 0. The molecule has 2 heterocycles. The third-order valence-corrected chi connectivity index (χ3v) is 4.85. The van der Waals surface area contributed by atoms with Gasteiger partial charge in [0.1, 0.15) is 0 Å². The van der Waals surface area contributed by atoms with Gasteiger partial charge in [-0.25, -0.2) is 4.68 Å². The maximum absolute atomic E-state index is 12.4. The van der Waals surface area contributed by atoms with Crippen LogP contribution in [0.2, 0.25) is 0 Å². The molecule has 124 valence electrons. The van der Waals surface area contributed by atoms with Crippen molar-refractivity contribution in [1.82, 2.24) is 15.1 Å². The number of thiophene rings is 1. The molecule has 0 aliphatic rings. The molecule has 1 amide bonds. The zero-order chi connectivity index (χ0) is 17.1. The van der Waals surface area contributed by atoms with E-state index in [9.17, 15) is 14.4 Å². The van der Waals surface area contributed by atoms with Crippen molar-refractivity contribution in [3.05, 3.63) is 67.4 Å². The van der Waals surface area contributed by atoms with Gasteiger partial charge in [-0.1, -0.05) is 18.2 Å². The zero-order valence-corrected chi connectivity index (χ0v) is 13.9. The van der Waals surface area contributed by atoms with E-state index < -0.39 is 0 Å². The summed E-state index contributed by atoms with van der Waals surface area (Å²) in [6.45, 7) is 2.04. The number of benzene rings is 1. The minimum Gasteiger partial charge on any atom is -0.349 e. The van der Waals surface area contributed by atoms with E-state index in [-0.39, 0.29) is 36.0 Å². The van der Waals surface area contributed by atoms with Gasteiger partial charge < -0.3 is 5.32 Å². The lowest BCUT2D eigenvalue weighted by molar-refractivity contribution is -0.122. The zero-order valence-electron chi connectivity index (χ0n) is 13.1. The minimum absolute atomic E-state index is 0.0788. The number of fused-ring (bicyclic) bond motifs is 1. The van der Waals surface area contributed by atoms with Crippen molar-refractivity contribution in [3.8, 4) is 0 Å². The first-order valence-electron chi connectivity index (χ1n) is 7.61. The number of nitrogens with zero attached hydrogens (tertiary/aromatic N) is 1. The highest BCUT2D eigenvalue weighted by molar-refractivity contribution is 7.10. The second-order valence-corrected chi connectivity index (χ2v) is 6.48. The van der Waals surface area contributed by atoms with Crippen molar-refractivity contribution >= 4 is 28.0 Å². The summed E-state index contributed by atoms with van der Waals surface area (Å²) in [4.78, 5) is 37.5. The van der Waals surface area contributed by atoms with E-state index in [1.807, 2.05) is 24.4 Å². The Hall–Kier alpha value is -2.67. The highest BCUT2D eigenvalue weighted by Crippen LogP contribution is 2.18. The van der Waals surface area contributed by atoms with Crippen LogP contribution in [0.3, 0.4) is 0 Å². The molecule has 0 saturated heterocycles. The molecule has 0 fully saturated rings. The standard InChI is InChI=1S/C17H17N3O3S/c1-11(14-7-4-10-24-14)18-15(21)8-9-20-17(23)13-6-3-2-5-12(13)16(22)19-20/h2-7,10-11H,8-9H2,1H3,(H,18,21)(H,19,22). The molecule has 7 heteroatoms. The van der Waals surface area contributed by atoms with Gasteiger partial charge in [0.15, 0.2) is 0 Å². The van der Waals surface area contributed by atoms with E-state index in [1.165, 1.54) is 4.68 Å². The number of hydrogen-bond acceptors (Lipinski definition) is 4. The van der Waals surface area contributed by atoms with Crippen molar-refractivity contribution in [2.75, 3.05) is 0 Å². The lowest BCUT2D eigenvalue weighted by Gasteiger charge is -2.12. The highest BCUT2D eigenvalue weighted by Gasteiger charge is 2.12. The van der Waals surface area contributed by atoms with Crippen LogP contribution >= 0.6 is 11.3 Å². The number of nitrogens with one attached hydrogen (secondary N) is 2. The van der Waals surface area contributed by atoms with Gasteiger partial charge in [-0.05, 0) is 30.5 Å². The molecule has 2 aromatic heterocycles. The smallest absolute Gasteiger partial charge is 0.273 e. The van der Waals surface area contributed by atoms with E-state index in [0.29, 0.717) is 10.8 Å². The Bertz CT molecular complexity index is 973. The number of amides is 1. The number of carbonyl (C=O) groups excluding carboxylic acids is 1. The Labute approximate surface area is 141 Å². The molecular formula is C17H17N3O3S. The number of aromatic amines is 1. The van der Waals surface area contributed by atoms with Crippen LogP contribution in [0.4, 0.5) is 0 Å². The topological polar surface area (TPSA) is 84.0 Å². The summed E-state index contributed by atoms with van der Waals surface area (Å²) in [5.74, 6) is -0.170. The molecule has 3 rings (SSSR count). The third-order valence-electron chi connectivity index (χ3n) is 3.79. The van der Waals surface area contributed by atoms with Crippen LogP contribution in [0.5, 0.6) is 0 Å². The predicted molar refractivity (Wildman–Crippen MR) is 94.3 cm³/mol. The molecule has 24 heavy (non-hydrogen) atoms. The summed E-state index contributed by atoms with van der Waals surface area (Å²) in [6.07, 6.45) is 0.115. The normalized spacial score (nSPS) is 12.2. The largest absolute Gasteiger partial charge is 0.349 e. The quantitative estimate of drug-likeness (QED) is 0.743. The SMILES string of the molecule is CC(NC(=O)CCn1[nH]c(=O)c2ccccc2c1=O)c1cccs1. The average Bonchev–Trinajstić information content (AvgIpc) is 3.11. The summed E-state index contributed by atoms with van der Waals surface area (Å²) in [5, 5.41) is 8.08. The van der Waals surface area contributed by atoms with Gasteiger partial charge in [0.05, 0.1) is 23.4 Å². The predicted octanol–water partition coefficient (Wildman–Crippen LogP) is 2.02. The van der Waals surface area contributed by atoms with Crippen LogP contribution in [0.1, 0.15) is 24.3 Å². The van der Waals surface area contributed by atoms with E-state index in [4.69, 9.17) is 0 Å². The molecule has 0 aliphatic heterocycles. The number of aryl methyl sites for hydroxylation is 1. The molecule has 0 bridgehead atoms. The fourth-order valence-electron chi connectivity index (χ4n) is 2.54. The van der Waals surface area contributed by atoms with Crippen molar-refractivity contribution in [3.63, 3.8) is 0 Å². The van der Waals surface area contributed by atoms with Gasteiger partial charge in [0, 0.05) is 11.3 Å². The monoisotopic (exact) mass is 343 g/mol. The van der Waals surface area contributed by atoms with Crippen LogP contribution in [-0.4, -0.2) is 15.7 Å². The second kappa shape index (κ2) is 6.84. The molecule has 0 radical (unpaired) electrons. The number of carbonyl (C=O) groups is 1. The van der Waals surface area contributed by atoms with Crippen LogP contribution in [-0.2, 0) is 11.3 Å². The van der Waals surface area contributed by atoms with Crippen LogP contribution in [0, 0.1) is 0 Å². The Morgan fingerprint density at radius 1 is 1.21 bits per heavy atom. The van der Waals surface area contributed by atoms with E-state index in [1.54, 1.807) is 35.6 Å². The Morgan fingerprint density at radius 3 is 2.67 bits per heavy atom. The summed E-state index contributed by atoms with van der Waals surface area (Å²) in [5.41, 5.74) is -0.637. The minimum atomic E-state index is -0.336. The summed E-state index contributed by atoms with van der Waals surface area (Å²) < 4.78 is 1.19. The highest BCUT2D eigenvalue weighted by atomic mass is 32.1. The first kappa shape index (κ1) is 16.2. The molecule has 6 nitrogen and oxygen atoms in total. The maximum atomic E-state index is 12.4. The number of rotatable bonds is 5. The summed E-state index contributed by atoms with van der Waals surface area (Å²) in [6, 6.07) is 10.5. The Kier molecular flexibility index (Phi) is 4.61. The number of aromatic nitrogens is 2. The van der Waals surface area contributed by atoms with Crippen LogP contribution in [0.25, 0.3) is 10.8 Å². The number of hydrogen-bond donors (Lipinski definition) is 2. The fraction of sp³-hybridized carbons (Fsp3) is 0.235. The van der Waals surface area contributed by atoms with Crippen molar-refractivity contribution < 1.29 is 4.79 Å². The van der Waals surface area contributed by atoms with E-state index in [2.05, 4.69) is 10.4 Å². The lowest BCUT2D eigenvalue weighted by atomic mass is 10.2. The van der Waals surface area contributed by atoms with Crippen molar-refractivity contribution in [2.24, 2.45) is 0 Å². The molecule has 0 spiro atoms. The number of H-pyrrole nitrogens is 1. The molecule has 2 N–H and O–H groups in total. The molecule has 0 saturated carbocycles. The lowest BCUT2D eigenvalue weighted by Crippen LogP contribution is -2.33. The van der Waals surface area contributed by atoms with Gasteiger partial charge in [-0.15, -0.1) is 11.3 Å². The second-order valence-electron chi connectivity index (χ2n) is 5.50. The van der Waals surface area contributed by atoms with Gasteiger partial charge >= 0.3 is 0 Å². The molecule has 3 aromatic rings. The van der Waals surface area contributed by atoms with E-state index >= 15 is 0 Å². The van der Waals surface area contributed by atoms with E-state index in [0.717, 1.165) is 4.88 Å². The first-order valence-corrected chi connectivity index (χ1v) is 8.49. The maximum Gasteiger partial charge on any atom is 0.273 e. The Balaban J connectivity index is 1.72. The molecule has 1 atom stereocenters. The van der Waals surface area contributed by atoms with Gasteiger partial charge in [0.2, 0.25) is 5.91 Å². The van der Waals surface area contributed by atoms with Gasteiger partial charge in [-0.3, -0.25) is 19.5 Å². The van der Waals surface area contributed by atoms with Gasteiger partial charge in [-0.2, -0.15) is 0 Å². The average molecular weight is 343 g/mol. The van der Waals surface area contributed by atoms with Gasteiger partial charge in [0.25, 0.3) is 11.1 Å². The molecular weight excluding hydrogens is 326 g/mol. The third kappa shape index (κ3) is 3.30. The molecule has 0 aliphatic carbocycles. The molecule has 1 aromatic carbocycles. The molecule has 1 unspecified atom stereocenters. The van der Waals surface area contributed by atoms with Crippen molar-refractivity contribution in [1.29, 1.82) is 0 Å². The Morgan fingerprint density at radius 2 is 1.96 bits per heavy atom. The fourth-order valence-corrected chi connectivity index (χ4v) is 3.27. The summed E-state index contributed by atoms with van der Waals surface area (Å²) >= 11 is 1.58. The van der Waals surface area contributed by atoms with Crippen molar-refractivity contribution in [2.45, 2.75) is 25.9 Å². The first-order chi connectivity index (χ1) is 11.6.